The van der Waals surface area contributed by atoms with Crippen molar-refractivity contribution in [3.05, 3.63) is 58.6 Å². The van der Waals surface area contributed by atoms with Crippen LogP contribution in [-0.4, -0.2) is 78.5 Å². The Hall–Kier alpha value is -3.11. The molecule has 4 aliphatic rings. The number of rotatable bonds is 8. The van der Waals surface area contributed by atoms with Gasteiger partial charge < -0.3 is 19.7 Å². The zero-order valence-corrected chi connectivity index (χ0v) is 27.1. The molecule has 46 heavy (non-hydrogen) atoms. The van der Waals surface area contributed by atoms with Crippen molar-refractivity contribution in [2.75, 3.05) is 44.4 Å². The van der Waals surface area contributed by atoms with Crippen LogP contribution in [0.1, 0.15) is 45.1 Å². The lowest BCUT2D eigenvalue weighted by Gasteiger charge is -2.36. The van der Waals surface area contributed by atoms with E-state index in [0.717, 1.165) is 51.1 Å². The molecule has 5 atom stereocenters. The molecule has 5 heterocycles. The molecule has 1 N–H and O–H groups in total. The fraction of sp³-hybridized carbons (Fsp3) is 0.500. The van der Waals surface area contributed by atoms with Crippen molar-refractivity contribution in [2.45, 2.75) is 70.1 Å². The lowest BCUT2D eigenvalue weighted by molar-refractivity contribution is -0.0229. The third-order valence-corrected chi connectivity index (χ3v) is 10.8. The maximum Gasteiger partial charge on any atom is 0.319 e. The van der Waals surface area contributed by atoms with Gasteiger partial charge in [0.15, 0.2) is 5.82 Å². The van der Waals surface area contributed by atoms with Crippen LogP contribution < -0.4 is 15.0 Å². The molecule has 8 rings (SSSR count). The number of aromatic nitrogens is 2. The number of piperazine rings is 1. The van der Waals surface area contributed by atoms with Gasteiger partial charge in [-0.2, -0.15) is 9.97 Å². The molecule has 3 aromatic carbocycles. The van der Waals surface area contributed by atoms with E-state index < -0.39 is 5.82 Å². The Labute approximate surface area is 273 Å². The normalized spacial score (nSPS) is 25.1. The minimum atomic E-state index is -0.550. The zero-order chi connectivity index (χ0) is 31.5. The van der Waals surface area contributed by atoms with E-state index in [-0.39, 0.29) is 33.8 Å². The Morgan fingerprint density at radius 3 is 2.54 bits per heavy atom. The molecule has 0 radical (unpaired) electrons. The number of halogens is 3. The van der Waals surface area contributed by atoms with E-state index >= 15 is 8.78 Å². The Balaban J connectivity index is 1.20. The molecular weight excluding hydrogens is 608 g/mol. The molecule has 4 saturated heterocycles. The summed E-state index contributed by atoms with van der Waals surface area (Å²) in [4.78, 5) is 14.4. The number of nitrogens with zero attached hydrogens (tertiary/aromatic N) is 4. The van der Waals surface area contributed by atoms with Gasteiger partial charge in [0.1, 0.15) is 17.2 Å². The summed E-state index contributed by atoms with van der Waals surface area (Å²) in [5.41, 5.74) is 1.47. The number of fused-ring (bicyclic) bond motifs is 6. The SMILES string of the molecule is CCc1c(F)ccc2cccc(-c3c(Cl)cc4c(N5CC6CCC(C5)N6)nc(OCC(C)CN5C6CCC5COC6)nc4c3F)c12. The lowest BCUT2D eigenvalue weighted by Crippen LogP contribution is -2.51. The van der Waals surface area contributed by atoms with Crippen LogP contribution in [0.25, 0.3) is 32.8 Å². The predicted octanol–water partition coefficient (Wildman–Crippen LogP) is 6.76. The minimum absolute atomic E-state index is 0.163. The second-order valence-corrected chi connectivity index (χ2v) is 14.0. The molecule has 4 fully saturated rings. The Kier molecular flexibility index (Phi) is 7.99. The highest BCUT2D eigenvalue weighted by atomic mass is 35.5. The summed E-state index contributed by atoms with van der Waals surface area (Å²) in [6.07, 6.45) is 5.02. The number of morpholine rings is 1. The van der Waals surface area contributed by atoms with Crippen molar-refractivity contribution >= 4 is 39.1 Å². The number of benzene rings is 3. The predicted molar refractivity (Wildman–Crippen MR) is 178 cm³/mol. The smallest absolute Gasteiger partial charge is 0.319 e. The number of anilines is 1. The molecule has 242 valence electrons. The maximum atomic E-state index is 17.0. The van der Waals surface area contributed by atoms with E-state index in [4.69, 9.17) is 31.0 Å². The van der Waals surface area contributed by atoms with Crippen LogP contribution in [0.15, 0.2) is 36.4 Å². The summed E-state index contributed by atoms with van der Waals surface area (Å²) in [7, 11) is 0. The zero-order valence-electron chi connectivity index (χ0n) is 26.4. The third-order valence-electron chi connectivity index (χ3n) is 10.5. The molecule has 0 amide bonds. The van der Waals surface area contributed by atoms with E-state index in [1.165, 1.54) is 18.9 Å². The first-order valence-corrected chi connectivity index (χ1v) is 17.1. The summed E-state index contributed by atoms with van der Waals surface area (Å²) in [5.74, 6) is 0.00367. The van der Waals surface area contributed by atoms with Gasteiger partial charge in [0.05, 0.1) is 24.8 Å². The first-order valence-electron chi connectivity index (χ1n) is 16.8. The lowest BCUT2D eigenvalue weighted by atomic mass is 9.92. The monoisotopic (exact) mass is 647 g/mol. The maximum absolute atomic E-state index is 17.0. The van der Waals surface area contributed by atoms with Crippen LogP contribution in [0.3, 0.4) is 0 Å². The Morgan fingerprint density at radius 1 is 1.04 bits per heavy atom. The van der Waals surface area contributed by atoms with E-state index in [1.807, 2.05) is 25.1 Å². The number of hydrogen-bond donors (Lipinski definition) is 1. The number of hydrogen-bond acceptors (Lipinski definition) is 7. The average molecular weight is 648 g/mol. The standard InChI is InChI=1S/C36H40ClF2N5O2/c1-3-26-30(38)12-7-21-5-4-6-27(31(21)26)32-29(37)13-28-34(33(32)39)41-36(42-35(28)43-15-22-8-9-23(16-43)40-22)46-17-20(2)14-44-24-10-11-25(44)19-45-18-24/h4-7,12-13,20,22-25,40H,3,8-11,14-19H2,1-2H3. The van der Waals surface area contributed by atoms with E-state index in [9.17, 15) is 0 Å². The van der Waals surface area contributed by atoms with Gasteiger partial charge in [-0.1, -0.05) is 49.7 Å². The molecule has 4 aromatic rings. The number of ether oxygens (including phenoxy) is 2. The van der Waals surface area contributed by atoms with Crippen molar-refractivity contribution in [3.63, 3.8) is 0 Å². The second kappa shape index (κ2) is 12.2. The molecule has 1 aromatic heterocycles. The molecule has 4 aliphatic heterocycles. The largest absolute Gasteiger partial charge is 0.463 e. The summed E-state index contributed by atoms with van der Waals surface area (Å²) in [6, 6.07) is 12.4. The van der Waals surface area contributed by atoms with Crippen LogP contribution in [0.2, 0.25) is 5.02 Å². The van der Waals surface area contributed by atoms with Gasteiger partial charge in [-0.15, -0.1) is 0 Å². The first kappa shape index (κ1) is 30.2. The van der Waals surface area contributed by atoms with Crippen LogP contribution in [-0.2, 0) is 11.2 Å². The average Bonchev–Trinajstić information content (AvgIpc) is 3.49. The van der Waals surface area contributed by atoms with Gasteiger partial charge in [-0.05, 0) is 66.1 Å². The van der Waals surface area contributed by atoms with Crippen LogP contribution >= 0.6 is 11.6 Å². The van der Waals surface area contributed by atoms with Gasteiger partial charge in [-0.25, -0.2) is 8.78 Å². The van der Waals surface area contributed by atoms with Gasteiger partial charge >= 0.3 is 6.01 Å². The molecule has 4 bridgehead atoms. The number of aryl methyl sites for hydroxylation is 1. The van der Waals surface area contributed by atoms with Crippen LogP contribution in [0.4, 0.5) is 14.6 Å². The quantitative estimate of drug-likeness (QED) is 0.227. The molecule has 7 nitrogen and oxygen atoms in total. The molecular formula is C36H40ClF2N5O2. The highest BCUT2D eigenvalue weighted by Crippen LogP contribution is 2.43. The van der Waals surface area contributed by atoms with E-state index in [2.05, 4.69) is 22.0 Å². The van der Waals surface area contributed by atoms with Crippen molar-refractivity contribution in [3.8, 4) is 17.1 Å². The van der Waals surface area contributed by atoms with Gasteiger partial charge in [0.25, 0.3) is 0 Å². The molecule has 0 aliphatic carbocycles. The second-order valence-electron chi connectivity index (χ2n) is 13.6. The highest BCUT2D eigenvalue weighted by Gasteiger charge is 2.38. The van der Waals surface area contributed by atoms with Gasteiger partial charge in [0, 0.05) is 60.7 Å². The summed E-state index contributed by atoms with van der Waals surface area (Å²) >= 11 is 6.96. The summed E-state index contributed by atoms with van der Waals surface area (Å²) in [6.45, 7) is 8.52. The van der Waals surface area contributed by atoms with Crippen molar-refractivity contribution < 1.29 is 18.3 Å². The summed E-state index contributed by atoms with van der Waals surface area (Å²) < 4.78 is 44.1. The van der Waals surface area contributed by atoms with Crippen molar-refractivity contribution in [1.82, 2.24) is 20.2 Å². The highest BCUT2D eigenvalue weighted by molar-refractivity contribution is 6.35. The fourth-order valence-corrected chi connectivity index (χ4v) is 8.60. The minimum Gasteiger partial charge on any atom is -0.463 e. The Morgan fingerprint density at radius 2 is 1.80 bits per heavy atom. The van der Waals surface area contributed by atoms with Crippen molar-refractivity contribution in [2.24, 2.45) is 5.92 Å². The van der Waals surface area contributed by atoms with E-state index in [1.54, 1.807) is 12.1 Å². The molecule has 0 spiro atoms. The number of nitrogens with one attached hydrogen (secondary N) is 1. The topological polar surface area (TPSA) is 62.8 Å². The Bertz CT molecular complexity index is 1780. The third kappa shape index (κ3) is 5.29. The summed E-state index contributed by atoms with van der Waals surface area (Å²) in [5, 5.41) is 5.97. The van der Waals surface area contributed by atoms with Crippen LogP contribution in [0, 0.1) is 17.6 Å². The fourth-order valence-electron chi connectivity index (χ4n) is 8.31. The molecule has 0 saturated carbocycles. The molecule has 10 heteroatoms. The van der Waals surface area contributed by atoms with Gasteiger partial charge in [0.2, 0.25) is 0 Å². The van der Waals surface area contributed by atoms with E-state index in [0.29, 0.717) is 64.9 Å². The van der Waals surface area contributed by atoms with Crippen LogP contribution in [0.5, 0.6) is 6.01 Å². The molecule has 5 unspecified atom stereocenters. The van der Waals surface area contributed by atoms with Gasteiger partial charge in [-0.3, -0.25) is 4.90 Å². The van der Waals surface area contributed by atoms with Crippen molar-refractivity contribution in [1.29, 1.82) is 0 Å². The first-order chi connectivity index (χ1) is 22.4.